The van der Waals surface area contributed by atoms with Gasteiger partial charge in [-0.05, 0) is 27.6 Å². The van der Waals surface area contributed by atoms with Crippen LogP contribution in [-0.4, -0.2) is 4.99 Å². The summed E-state index contributed by atoms with van der Waals surface area (Å²) in [6.45, 7) is 0.229. The van der Waals surface area contributed by atoms with Crippen LogP contribution in [0.2, 0.25) is 5.02 Å². The minimum Gasteiger partial charge on any atom is -0.488 e. The Morgan fingerprint density at radius 2 is 2.05 bits per heavy atom. The molecule has 0 aliphatic carbocycles. The molecule has 0 spiro atoms. The second-order valence-electron chi connectivity index (χ2n) is 4.01. The van der Waals surface area contributed by atoms with E-state index in [1.54, 1.807) is 0 Å². The summed E-state index contributed by atoms with van der Waals surface area (Å²) in [5.74, 6) is -0.169. The van der Waals surface area contributed by atoms with Crippen molar-refractivity contribution in [3.05, 3.63) is 62.8 Å². The van der Waals surface area contributed by atoms with E-state index < -0.39 is 5.82 Å². The number of hydrogen-bond donors (Lipinski definition) is 1. The predicted molar refractivity (Wildman–Crippen MR) is 85.8 cm³/mol. The Hall–Kier alpha value is -1.17. The molecule has 0 amide bonds. The third kappa shape index (κ3) is 3.48. The van der Waals surface area contributed by atoms with E-state index in [4.69, 9.17) is 34.3 Å². The SMILES string of the molecule is NC(=S)c1ccccc1COc1cc(F)c(Cl)cc1Br. The number of halogens is 3. The van der Waals surface area contributed by atoms with Crippen LogP contribution in [-0.2, 0) is 6.61 Å². The molecule has 0 atom stereocenters. The molecule has 2 N–H and O–H groups in total. The van der Waals surface area contributed by atoms with E-state index in [0.717, 1.165) is 11.1 Å². The molecule has 0 saturated carbocycles. The van der Waals surface area contributed by atoms with Crippen LogP contribution < -0.4 is 10.5 Å². The first-order valence-corrected chi connectivity index (χ1v) is 7.22. The highest BCUT2D eigenvalue weighted by atomic mass is 79.9. The number of hydrogen-bond acceptors (Lipinski definition) is 2. The molecule has 104 valence electrons. The highest BCUT2D eigenvalue weighted by Gasteiger charge is 2.10. The van der Waals surface area contributed by atoms with Gasteiger partial charge in [-0.15, -0.1) is 0 Å². The van der Waals surface area contributed by atoms with Crippen molar-refractivity contribution < 1.29 is 9.13 Å². The lowest BCUT2D eigenvalue weighted by Crippen LogP contribution is -2.13. The third-order valence-electron chi connectivity index (χ3n) is 2.64. The predicted octanol–water partition coefficient (Wildman–Crippen LogP) is 4.45. The van der Waals surface area contributed by atoms with Crippen molar-refractivity contribution in [2.24, 2.45) is 5.73 Å². The van der Waals surface area contributed by atoms with Gasteiger partial charge in [0.2, 0.25) is 0 Å². The summed E-state index contributed by atoms with van der Waals surface area (Å²) in [4.78, 5) is 0.297. The fourth-order valence-electron chi connectivity index (χ4n) is 1.66. The van der Waals surface area contributed by atoms with Crippen LogP contribution in [0.15, 0.2) is 40.9 Å². The minimum absolute atomic E-state index is 0.0350. The van der Waals surface area contributed by atoms with Gasteiger partial charge >= 0.3 is 0 Å². The standard InChI is InChI=1S/C14H10BrClFNOS/c15-10-5-11(16)12(17)6-13(10)19-7-8-3-1-2-4-9(8)14(18)20/h1-6H,7H2,(H2,18,20). The molecule has 6 heteroatoms. The lowest BCUT2D eigenvalue weighted by molar-refractivity contribution is 0.302. The first-order valence-electron chi connectivity index (χ1n) is 5.64. The van der Waals surface area contributed by atoms with E-state index in [1.165, 1.54) is 12.1 Å². The number of nitrogens with two attached hydrogens (primary N) is 1. The Bertz CT molecular complexity index is 666. The lowest BCUT2D eigenvalue weighted by Gasteiger charge is -2.12. The highest BCUT2D eigenvalue weighted by molar-refractivity contribution is 9.10. The van der Waals surface area contributed by atoms with Crippen molar-refractivity contribution in [3.63, 3.8) is 0 Å². The minimum atomic E-state index is -0.535. The fourth-order valence-corrected chi connectivity index (χ4v) is 2.61. The second kappa shape index (κ2) is 6.52. The van der Waals surface area contributed by atoms with Gasteiger partial charge in [-0.2, -0.15) is 0 Å². The van der Waals surface area contributed by atoms with Crippen molar-refractivity contribution >= 4 is 44.7 Å². The van der Waals surface area contributed by atoms with E-state index in [2.05, 4.69) is 15.9 Å². The number of benzene rings is 2. The van der Waals surface area contributed by atoms with Crippen LogP contribution in [0.1, 0.15) is 11.1 Å². The first-order chi connectivity index (χ1) is 9.49. The summed E-state index contributed by atoms with van der Waals surface area (Å²) in [5, 5.41) is 0.0350. The average molecular weight is 375 g/mol. The molecule has 0 fully saturated rings. The van der Waals surface area contributed by atoms with Gasteiger partial charge < -0.3 is 10.5 Å². The summed E-state index contributed by atoms with van der Waals surface area (Å²) in [5.41, 5.74) is 7.23. The summed E-state index contributed by atoms with van der Waals surface area (Å²) < 4.78 is 19.6. The van der Waals surface area contributed by atoms with Crippen LogP contribution in [0.5, 0.6) is 5.75 Å². The van der Waals surface area contributed by atoms with E-state index >= 15 is 0 Å². The highest BCUT2D eigenvalue weighted by Crippen LogP contribution is 2.31. The summed E-state index contributed by atoms with van der Waals surface area (Å²) in [7, 11) is 0. The van der Waals surface area contributed by atoms with Gasteiger partial charge in [0, 0.05) is 11.6 Å². The lowest BCUT2D eigenvalue weighted by atomic mass is 10.1. The largest absolute Gasteiger partial charge is 0.488 e. The van der Waals surface area contributed by atoms with E-state index in [1.807, 2.05) is 24.3 Å². The molecular formula is C14H10BrClFNOS. The zero-order valence-corrected chi connectivity index (χ0v) is 13.4. The fraction of sp³-hybridized carbons (Fsp3) is 0.0714. The molecule has 0 aromatic heterocycles. The first kappa shape index (κ1) is 15.2. The molecule has 0 heterocycles. The van der Waals surface area contributed by atoms with Gasteiger partial charge in [0.1, 0.15) is 23.2 Å². The number of rotatable bonds is 4. The molecule has 0 radical (unpaired) electrons. The Kier molecular flexibility index (Phi) is 4.96. The molecule has 0 unspecified atom stereocenters. The van der Waals surface area contributed by atoms with Gasteiger partial charge in [0.15, 0.2) is 0 Å². The van der Waals surface area contributed by atoms with Gasteiger partial charge in [0.05, 0.1) is 9.50 Å². The molecule has 0 saturated heterocycles. The summed E-state index contributed by atoms with van der Waals surface area (Å²) in [6.07, 6.45) is 0. The van der Waals surface area contributed by atoms with Crippen LogP contribution in [0.4, 0.5) is 4.39 Å². The Balaban J connectivity index is 2.21. The van der Waals surface area contributed by atoms with Crippen molar-refractivity contribution in [2.75, 3.05) is 0 Å². The van der Waals surface area contributed by atoms with E-state index in [0.29, 0.717) is 15.2 Å². The normalized spacial score (nSPS) is 10.3. The molecule has 2 rings (SSSR count). The molecule has 0 aliphatic heterocycles. The maximum atomic E-state index is 13.4. The molecule has 0 aliphatic rings. The van der Waals surface area contributed by atoms with E-state index in [-0.39, 0.29) is 11.6 Å². The molecule has 0 bridgehead atoms. The monoisotopic (exact) mass is 373 g/mol. The maximum Gasteiger partial charge on any atom is 0.145 e. The van der Waals surface area contributed by atoms with Crippen molar-refractivity contribution in [1.82, 2.24) is 0 Å². The summed E-state index contributed by atoms with van der Waals surface area (Å²) in [6, 6.07) is 10.1. The molecular weight excluding hydrogens is 365 g/mol. The van der Waals surface area contributed by atoms with E-state index in [9.17, 15) is 4.39 Å². The average Bonchev–Trinajstić information content (AvgIpc) is 2.41. The van der Waals surface area contributed by atoms with Crippen LogP contribution in [0.25, 0.3) is 0 Å². The number of thiocarbonyl (C=S) groups is 1. The summed E-state index contributed by atoms with van der Waals surface area (Å²) >= 11 is 13.9. The molecule has 2 aromatic carbocycles. The topological polar surface area (TPSA) is 35.2 Å². The van der Waals surface area contributed by atoms with Gasteiger partial charge in [-0.1, -0.05) is 48.1 Å². The number of ether oxygens (including phenoxy) is 1. The van der Waals surface area contributed by atoms with Crippen molar-refractivity contribution in [2.45, 2.75) is 6.61 Å². The van der Waals surface area contributed by atoms with Crippen molar-refractivity contribution in [1.29, 1.82) is 0 Å². The van der Waals surface area contributed by atoms with Crippen molar-refractivity contribution in [3.8, 4) is 5.75 Å². The second-order valence-corrected chi connectivity index (χ2v) is 5.71. The molecule has 20 heavy (non-hydrogen) atoms. The van der Waals surface area contributed by atoms with Gasteiger partial charge in [0.25, 0.3) is 0 Å². The van der Waals surface area contributed by atoms with Gasteiger partial charge in [-0.25, -0.2) is 4.39 Å². The van der Waals surface area contributed by atoms with Crippen LogP contribution in [0.3, 0.4) is 0 Å². The Labute approximate surface area is 134 Å². The molecule has 2 nitrogen and oxygen atoms in total. The smallest absolute Gasteiger partial charge is 0.145 e. The quantitative estimate of drug-likeness (QED) is 0.634. The third-order valence-corrected chi connectivity index (χ3v) is 3.77. The zero-order valence-electron chi connectivity index (χ0n) is 10.2. The maximum absolute atomic E-state index is 13.4. The Morgan fingerprint density at radius 1 is 1.35 bits per heavy atom. The Morgan fingerprint density at radius 3 is 2.75 bits per heavy atom. The van der Waals surface area contributed by atoms with Crippen LogP contribution >= 0.6 is 39.7 Å². The zero-order chi connectivity index (χ0) is 14.7. The van der Waals surface area contributed by atoms with Gasteiger partial charge in [-0.3, -0.25) is 0 Å². The molecule has 2 aromatic rings. The van der Waals surface area contributed by atoms with Crippen LogP contribution in [0, 0.1) is 5.82 Å².